The average Bonchev–Trinajstić information content (AvgIpc) is 3.43. The summed E-state index contributed by atoms with van der Waals surface area (Å²) in [6, 6.07) is 5.27. The van der Waals surface area contributed by atoms with Gasteiger partial charge in [0.15, 0.2) is 0 Å². The number of alkyl halides is 6. The quantitative estimate of drug-likeness (QED) is 0.214. The second kappa shape index (κ2) is 8.26. The third-order valence-corrected chi connectivity index (χ3v) is 6.49. The van der Waals surface area contributed by atoms with Crippen LogP contribution in [0.3, 0.4) is 0 Å². The number of allylic oxidation sites excluding steroid dienone is 2. The molecule has 16 heteroatoms. The molecule has 0 aliphatic heterocycles. The summed E-state index contributed by atoms with van der Waals surface area (Å²) < 4.78 is 84.4. The molecule has 0 saturated carbocycles. The molecule has 5 rings (SSSR count). The smallest absolute Gasteiger partial charge is 0.386 e. The van der Waals surface area contributed by atoms with Crippen LogP contribution in [0.4, 0.5) is 26.3 Å². The zero-order valence-electron chi connectivity index (χ0n) is 18.3. The zero-order chi connectivity index (χ0) is 27.6. The van der Waals surface area contributed by atoms with Crippen molar-refractivity contribution in [2.45, 2.75) is 19.6 Å². The maximum Gasteiger partial charge on any atom is 0.574 e. The Balaban J connectivity index is 1.82. The lowest BCUT2D eigenvalue weighted by molar-refractivity contribution is -0.277. The van der Waals surface area contributed by atoms with E-state index in [0.29, 0.717) is 11.1 Å². The highest BCUT2D eigenvalue weighted by Gasteiger charge is 2.43. The van der Waals surface area contributed by atoms with Gasteiger partial charge in [0, 0.05) is 37.6 Å². The number of hydrogen-bond donors (Lipinski definition) is 0. The van der Waals surface area contributed by atoms with Crippen molar-refractivity contribution in [3.8, 4) is 52.5 Å². The summed E-state index contributed by atoms with van der Waals surface area (Å²) in [6.07, 6.45) is -8.74. The molecule has 0 radical (unpaired) electrons. The van der Waals surface area contributed by atoms with E-state index in [4.69, 9.17) is 0 Å². The van der Waals surface area contributed by atoms with Crippen LogP contribution in [0, 0.1) is 34.0 Å². The molecule has 0 aromatic carbocycles. The summed E-state index contributed by atoms with van der Waals surface area (Å²) in [5, 5.41) is 28.6. The van der Waals surface area contributed by atoms with Crippen LogP contribution >= 0.6 is 11.3 Å². The summed E-state index contributed by atoms with van der Waals surface area (Å²) >= 11 is 0.926. The van der Waals surface area contributed by atoms with Gasteiger partial charge in [0.1, 0.15) is 29.1 Å². The van der Waals surface area contributed by atoms with Gasteiger partial charge in [0.2, 0.25) is 11.8 Å². The molecular weight excluding hydrogens is 540 g/mol. The van der Waals surface area contributed by atoms with Crippen LogP contribution in [0.15, 0.2) is 23.5 Å². The molecule has 3 heterocycles. The summed E-state index contributed by atoms with van der Waals surface area (Å²) in [6.45, 7) is 1.40. The second-order valence-corrected chi connectivity index (χ2v) is 8.52. The fourth-order valence-electron chi connectivity index (χ4n) is 4.02. The highest BCUT2D eigenvalue weighted by atomic mass is 32.1. The van der Waals surface area contributed by atoms with Crippen LogP contribution in [0.1, 0.15) is 28.1 Å². The molecule has 0 spiro atoms. The first-order chi connectivity index (χ1) is 17.9. The Bertz CT molecular complexity index is 1730. The molecule has 0 bridgehead atoms. The standard InChI is InChI=1S/C22H5F6N7O2S/c1-7(2-29)11-17-15(32-5-9(34-17)36-21(23,24)25)13-14-16-18(35-10(6-33-16)37-22(26,27)28)12(8(3-30)4-31)20(14)38-19(11)13/h5-6H,1H3/b11-7+. The number of halogens is 6. The van der Waals surface area contributed by atoms with Gasteiger partial charge in [0.25, 0.3) is 0 Å². The Kier molecular flexibility index (Phi) is 5.36. The number of thiophene rings is 1. The van der Waals surface area contributed by atoms with Gasteiger partial charge in [0.05, 0.1) is 29.9 Å². The van der Waals surface area contributed by atoms with E-state index >= 15 is 0 Å². The van der Waals surface area contributed by atoms with E-state index in [1.165, 1.54) is 6.92 Å². The summed E-state index contributed by atoms with van der Waals surface area (Å²) in [4.78, 5) is 16.4. The molecule has 3 aromatic rings. The van der Waals surface area contributed by atoms with Crippen molar-refractivity contribution in [3.05, 3.63) is 44.7 Å². The average molecular weight is 545 g/mol. The Morgan fingerprint density at radius 2 is 1.18 bits per heavy atom. The van der Waals surface area contributed by atoms with E-state index in [1.807, 2.05) is 6.07 Å². The summed E-state index contributed by atoms with van der Waals surface area (Å²) in [5.74, 6) is -1.82. The molecule has 0 saturated heterocycles. The Labute approximate surface area is 211 Å². The monoisotopic (exact) mass is 545 g/mol. The molecular formula is C22H5F6N7O2S. The molecule has 0 unspecified atom stereocenters. The lowest BCUT2D eigenvalue weighted by Gasteiger charge is -2.10. The maximum absolute atomic E-state index is 12.8. The molecule has 3 aromatic heterocycles. The van der Waals surface area contributed by atoms with Crippen molar-refractivity contribution in [2.24, 2.45) is 0 Å². The molecule has 0 amide bonds. The normalized spacial score (nSPS) is 14.4. The van der Waals surface area contributed by atoms with Crippen molar-refractivity contribution in [1.82, 2.24) is 19.9 Å². The summed E-state index contributed by atoms with van der Waals surface area (Å²) in [5.41, 5.74) is -0.249. The van der Waals surface area contributed by atoms with Crippen LogP contribution < -0.4 is 9.47 Å². The summed E-state index contributed by atoms with van der Waals surface area (Å²) in [7, 11) is 0. The Morgan fingerprint density at radius 3 is 1.61 bits per heavy atom. The molecule has 0 N–H and O–H groups in total. The van der Waals surface area contributed by atoms with Gasteiger partial charge in [-0.05, 0) is 6.92 Å². The highest BCUT2D eigenvalue weighted by Crippen LogP contribution is 2.59. The van der Waals surface area contributed by atoms with Crippen LogP contribution in [-0.2, 0) is 0 Å². The molecule has 2 aliphatic rings. The van der Waals surface area contributed by atoms with Gasteiger partial charge in [-0.15, -0.1) is 37.7 Å². The van der Waals surface area contributed by atoms with Crippen molar-refractivity contribution in [2.75, 3.05) is 0 Å². The predicted octanol–water partition coefficient (Wildman–Crippen LogP) is 5.28. The van der Waals surface area contributed by atoms with E-state index in [0.717, 1.165) is 17.5 Å². The van der Waals surface area contributed by atoms with Gasteiger partial charge in [-0.3, -0.25) is 0 Å². The first-order valence-electron chi connectivity index (χ1n) is 9.96. The van der Waals surface area contributed by atoms with E-state index in [9.17, 15) is 42.1 Å². The van der Waals surface area contributed by atoms with Gasteiger partial charge < -0.3 is 9.47 Å². The van der Waals surface area contributed by atoms with Crippen LogP contribution in [0.5, 0.6) is 11.8 Å². The fourth-order valence-corrected chi connectivity index (χ4v) is 5.48. The van der Waals surface area contributed by atoms with E-state index in [-0.39, 0.29) is 55.5 Å². The number of aromatic nitrogens is 4. The van der Waals surface area contributed by atoms with Crippen LogP contribution in [0.25, 0.3) is 33.7 Å². The molecule has 2 aliphatic carbocycles. The van der Waals surface area contributed by atoms with E-state index < -0.39 is 30.1 Å². The van der Waals surface area contributed by atoms with Crippen molar-refractivity contribution >= 4 is 22.5 Å². The van der Waals surface area contributed by atoms with Gasteiger partial charge in [-0.25, -0.2) is 19.9 Å². The third-order valence-electron chi connectivity index (χ3n) is 5.27. The highest BCUT2D eigenvalue weighted by molar-refractivity contribution is 7.16. The molecule has 38 heavy (non-hydrogen) atoms. The van der Waals surface area contributed by atoms with Gasteiger partial charge >= 0.3 is 12.7 Å². The first kappa shape index (κ1) is 24.7. The fraction of sp³-hybridized carbons (Fsp3) is 0.136. The lowest BCUT2D eigenvalue weighted by atomic mass is 10.1. The minimum Gasteiger partial charge on any atom is -0.386 e. The maximum atomic E-state index is 12.8. The number of nitriles is 3. The largest absolute Gasteiger partial charge is 0.574 e. The Morgan fingerprint density at radius 1 is 0.737 bits per heavy atom. The number of hydrogen-bond acceptors (Lipinski definition) is 10. The predicted molar refractivity (Wildman–Crippen MR) is 114 cm³/mol. The molecule has 188 valence electrons. The topological polar surface area (TPSA) is 141 Å². The molecule has 0 atom stereocenters. The number of nitrogens with zero attached hydrogens (tertiary/aromatic N) is 7. The minimum absolute atomic E-state index is 0.0238. The Hall–Kier alpha value is -5.01. The molecule has 0 fully saturated rings. The second-order valence-electron chi connectivity index (χ2n) is 7.50. The SMILES string of the molecule is C/C(C#N)=C1/c2nc(OC(F)(F)F)cnc2-c2c1sc1c2-c2ncc(OC(F)(F)F)nc2C1=C(C#N)C#N. The van der Waals surface area contributed by atoms with E-state index in [1.54, 1.807) is 12.1 Å². The lowest BCUT2D eigenvalue weighted by Crippen LogP contribution is -2.18. The van der Waals surface area contributed by atoms with Crippen molar-refractivity contribution in [1.29, 1.82) is 15.8 Å². The van der Waals surface area contributed by atoms with Crippen molar-refractivity contribution in [3.63, 3.8) is 0 Å². The first-order valence-corrected chi connectivity index (χ1v) is 10.8. The zero-order valence-corrected chi connectivity index (χ0v) is 19.1. The van der Waals surface area contributed by atoms with Crippen LogP contribution in [-0.4, -0.2) is 32.7 Å². The number of ether oxygens (including phenoxy) is 2. The van der Waals surface area contributed by atoms with Gasteiger partial charge in [-0.2, -0.15) is 15.8 Å². The van der Waals surface area contributed by atoms with Crippen LogP contribution in [0.2, 0.25) is 0 Å². The van der Waals surface area contributed by atoms with Gasteiger partial charge in [-0.1, -0.05) is 0 Å². The number of rotatable bonds is 2. The van der Waals surface area contributed by atoms with Crippen molar-refractivity contribution < 1.29 is 35.8 Å². The minimum atomic E-state index is -5.09. The molecule has 9 nitrogen and oxygen atoms in total. The third kappa shape index (κ3) is 3.86. The van der Waals surface area contributed by atoms with E-state index in [2.05, 4.69) is 29.4 Å². The number of fused-ring (bicyclic) bond motifs is 7.